The van der Waals surface area contributed by atoms with E-state index in [-0.39, 0.29) is 11.3 Å². The summed E-state index contributed by atoms with van der Waals surface area (Å²) < 4.78 is 26.8. The van der Waals surface area contributed by atoms with Crippen LogP contribution >= 0.6 is 0 Å². The predicted molar refractivity (Wildman–Crippen MR) is 44.7 cm³/mol. The van der Waals surface area contributed by atoms with Gasteiger partial charge in [-0.1, -0.05) is 12.1 Å². The second kappa shape index (κ2) is 2.69. The average molecular weight is 184 g/mol. The summed E-state index contributed by atoms with van der Waals surface area (Å²) in [6.07, 6.45) is 1.17. The van der Waals surface area contributed by atoms with Gasteiger partial charge in [-0.3, -0.25) is 0 Å². The molecule has 1 aromatic rings. The van der Waals surface area contributed by atoms with Crippen molar-refractivity contribution in [3.8, 4) is 5.75 Å². The molecule has 0 aromatic heterocycles. The number of rotatable bonds is 2. The molecule has 1 fully saturated rings. The van der Waals surface area contributed by atoms with E-state index in [9.17, 15) is 8.78 Å². The molecule has 0 radical (unpaired) electrons. The normalized spacial score (nSPS) is 17.4. The van der Waals surface area contributed by atoms with E-state index in [1.54, 1.807) is 0 Å². The van der Waals surface area contributed by atoms with Gasteiger partial charge < -0.3 is 5.11 Å². The Morgan fingerprint density at radius 3 is 2.54 bits per heavy atom. The molecule has 1 nitrogen and oxygen atoms in total. The van der Waals surface area contributed by atoms with Gasteiger partial charge in [0.25, 0.3) is 5.92 Å². The Morgan fingerprint density at radius 1 is 1.31 bits per heavy atom. The Hall–Kier alpha value is -1.12. The molecule has 0 spiro atoms. The lowest BCUT2D eigenvalue weighted by Crippen LogP contribution is -2.15. The van der Waals surface area contributed by atoms with E-state index in [1.165, 1.54) is 18.2 Å². The highest BCUT2D eigenvalue weighted by atomic mass is 19.3. The summed E-state index contributed by atoms with van der Waals surface area (Å²) in [5.41, 5.74) is -0.0741. The van der Waals surface area contributed by atoms with Crippen LogP contribution in [-0.4, -0.2) is 5.11 Å². The van der Waals surface area contributed by atoms with Crippen molar-refractivity contribution < 1.29 is 13.9 Å². The maximum absolute atomic E-state index is 13.4. The van der Waals surface area contributed by atoms with Crippen LogP contribution in [0.1, 0.15) is 18.4 Å². The summed E-state index contributed by atoms with van der Waals surface area (Å²) in [4.78, 5) is 0. The van der Waals surface area contributed by atoms with Crippen molar-refractivity contribution >= 4 is 0 Å². The van der Waals surface area contributed by atoms with E-state index in [0.717, 1.165) is 6.07 Å². The smallest absolute Gasteiger partial charge is 0.276 e. The minimum absolute atomic E-state index is 0.0741. The minimum atomic E-state index is -2.77. The minimum Gasteiger partial charge on any atom is -0.508 e. The van der Waals surface area contributed by atoms with Crippen LogP contribution in [0, 0.1) is 5.92 Å². The summed E-state index contributed by atoms with van der Waals surface area (Å²) in [7, 11) is 0. The predicted octanol–water partition coefficient (Wildman–Crippen LogP) is 2.89. The van der Waals surface area contributed by atoms with Crippen LogP contribution in [0.25, 0.3) is 0 Å². The molecule has 13 heavy (non-hydrogen) atoms. The number of hydrogen-bond donors (Lipinski definition) is 1. The Morgan fingerprint density at radius 2 is 2.00 bits per heavy atom. The number of phenolic OH excluding ortho intramolecular Hbond substituents is 1. The summed E-state index contributed by atoms with van der Waals surface area (Å²) in [5.74, 6) is -3.38. The summed E-state index contributed by atoms with van der Waals surface area (Å²) in [6, 6.07) is 5.34. The molecule has 2 rings (SSSR count). The van der Waals surface area contributed by atoms with Gasteiger partial charge in [0.2, 0.25) is 0 Å². The van der Waals surface area contributed by atoms with Crippen LogP contribution in [0.5, 0.6) is 5.75 Å². The van der Waals surface area contributed by atoms with Crippen molar-refractivity contribution in [1.29, 1.82) is 0 Å². The van der Waals surface area contributed by atoms with Crippen molar-refractivity contribution in [2.24, 2.45) is 5.92 Å². The first-order valence-corrected chi connectivity index (χ1v) is 4.28. The number of halogens is 2. The van der Waals surface area contributed by atoms with Crippen molar-refractivity contribution in [2.45, 2.75) is 18.8 Å². The van der Waals surface area contributed by atoms with Crippen molar-refractivity contribution in [2.75, 3.05) is 0 Å². The van der Waals surface area contributed by atoms with E-state index in [2.05, 4.69) is 0 Å². The first-order valence-electron chi connectivity index (χ1n) is 4.28. The molecular weight excluding hydrogens is 174 g/mol. The molecule has 0 heterocycles. The third-order valence-corrected chi connectivity index (χ3v) is 2.32. The molecule has 0 aliphatic heterocycles. The molecule has 0 amide bonds. The number of hydrogen-bond acceptors (Lipinski definition) is 1. The van der Waals surface area contributed by atoms with Gasteiger partial charge in [-0.05, 0) is 25.0 Å². The zero-order valence-electron chi connectivity index (χ0n) is 7.00. The second-order valence-electron chi connectivity index (χ2n) is 3.45. The molecule has 70 valence electrons. The largest absolute Gasteiger partial charge is 0.508 e. The number of phenols is 1. The van der Waals surface area contributed by atoms with Gasteiger partial charge in [0.1, 0.15) is 5.75 Å². The van der Waals surface area contributed by atoms with Gasteiger partial charge in [-0.25, -0.2) is 8.78 Å². The van der Waals surface area contributed by atoms with Crippen LogP contribution in [-0.2, 0) is 5.92 Å². The molecule has 1 N–H and O–H groups in total. The van der Waals surface area contributed by atoms with Crippen LogP contribution < -0.4 is 0 Å². The molecule has 1 aliphatic carbocycles. The summed E-state index contributed by atoms with van der Waals surface area (Å²) >= 11 is 0. The Bertz CT molecular complexity index is 318. The molecule has 0 unspecified atom stereocenters. The fourth-order valence-corrected chi connectivity index (χ4v) is 1.39. The lowest BCUT2D eigenvalue weighted by molar-refractivity contribution is -0.0287. The zero-order chi connectivity index (χ0) is 9.47. The molecule has 0 bridgehead atoms. The monoisotopic (exact) mass is 184 g/mol. The summed E-state index contributed by atoms with van der Waals surface area (Å²) in [5, 5.41) is 9.05. The standard InChI is InChI=1S/C10H10F2O/c11-10(12,7-4-5-7)8-2-1-3-9(13)6-8/h1-3,6-7,13H,4-5H2. The fourth-order valence-electron chi connectivity index (χ4n) is 1.39. The molecule has 1 saturated carbocycles. The lowest BCUT2D eigenvalue weighted by Gasteiger charge is -2.15. The van der Waals surface area contributed by atoms with Crippen molar-refractivity contribution in [3.05, 3.63) is 29.8 Å². The maximum atomic E-state index is 13.4. The van der Waals surface area contributed by atoms with Crippen LogP contribution in [0.3, 0.4) is 0 Å². The van der Waals surface area contributed by atoms with Gasteiger partial charge >= 0.3 is 0 Å². The summed E-state index contributed by atoms with van der Waals surface area (Å²) in [6.45, 7) is 0. The molecule has 1 aliphatic rings. The second-order valence-corrected chi connectivity index (χ2v) is 3.45. The third-order valence-electron chi connectivity index (χ3n) is 2.32. The number of alkyl halides is 2. The number of aromatic hydroxyl groups is 1. The lowest BCUT2D eigenvalue weighted by atomic mass is 10.0. The van der Waals surface area contributed by atoms with Crippen LogP contribution in [0.2, 0.25) is 0 Å². The van der Waals surface area contributed by atoms with Crippen molar-refractivity contribution in [1.82, 2.24) is 0 Å². The maximum Gasteiger partial charge on any atom is 0.276 e. The van der Waals surface area contributed by atoms with E-state index in [1.807, 2.05) is 0 Å². The van der Waals surface area contributed by atoms with Crippen molar-refractivity contribution in [3.63, 3.8) is 0 Å². The van der Waals surface area contributed by atoms with Gasteiger partial charge in [0.05, 0.1) is 0 Å². The van der Waals surface area contributed by atoms with Gasteiger partial charge in [-0.2, -0.15) is 0 Å². The van der Waals surface area contributed by atoms with E-state index < -0.39 is 11.8 Å². The Balaban J connectivity index is 2.33. The van der Waals surface area contributed by atoms with Crippen LogP contribution in [0.4, 0.5) is 8.78 Å². The average Bonchev–Trinajstić information content (AvgIpc) is 2.86. The van der Waals surface area contributed by atoms with Gasteiger partial charge in [-0.15, -0.1) is 0 Å². The highest BCUT2D eigenvalue weighted by molar-refractivity contribution is 5.31. The Labute approximate surface area is 75.0 Å². The van der Waals surface area contributed by atoms with Gasteiger partial charge in [0, 0.05) is 11.5 Å². The first-order chi connectivity index (χ1) is 6.10. The third kappa shape index (κ3) is 1.50. The first kappa shape index (κ1) is 8.48. The molecule has 0 saturated heterocycles. The van der Waals surface area contributed by atoms with E-state index in [4.69, 9.17) is 5.11 Å². The highest BCUT2D eigenvalue weighted by Gasteiger charge is 2.47. The molecule has 1 aromatic carbocycles. The van der Waals surface area contributed by atoms with E-state index >= 15 is 0 Å². The fraction of sp³-hybridized carbons (Fsp3) is 0.400. The molecular formula is C10H10F2O. The highest BCUT2D eigenvalue weighted by Crippen LogP contribution is 2.49. The zero-order valence-corrected chi connectivity index (χ0v) is 7.00. The Kier molecular flexibility index (Phi) is 1.75. The number of benzene rings is 1. The molecule has 0 atom stereocenters. The SMILES string of the molecule is Oc1cccc(C(F)(F)C2CC2)c1. The molecule has 3 heteroatoms. The van der Waals surface area contributed by atoms with Gasteiger partial charge in [0.15, 0.2) is 0 Å². The van der Waals surface area contributed by atoms with Crippen LogP contribution in [0.15, 0.2) is 24.3 Å². The van der Waals surface area contributed by atoms with E-state index in [0.29, 0.717) is 12.8 Å². The topological polar surface area (TPSA) is 20.2 Å². The quantitative estimate of drug-likeness (QED) is 0.749.